The Hall–Kier alpha value is -3.08. The molecule has 3 aromatic rings. The molecule has 0 aliphatic heterocycles. The van der Waals surface area contributed by atoms with Gasteiger partial charge in [-0.2, -0.15) is 0 Å². The Morgan fingerprint density at radius 1 is 1.03 bits per heavy atom. The SMILES string of the molecule is CC(=N)/C(=C(/C)[OH2+])c1ccn2c(NC34CC5CC(CC(C5)C3)C4)c(CCc3ccccc3)nc2c1. The smallest absolute Gasteiger partial charge is 0.235 e. The minimum absolute atomic E-state index is 0.208. The van der Waals surface area contributed by atoms with E-state index in [9.17, 15) is 0 Å². The van der Waals surface area contributed by atoms with Gasteiger partial charge in [0.2, 0.25) is 5.76 Å². The van der Waals surface area contributed by atoms with E-state index in [1.807, 2.05) is 6.07 Å². The number of pyridine rings is 1. The maximum absolute atomic E-state index is 8.19. The van der Waals surface area contributed by atoms with Crippen LogP contribution in [0, 0.1) is 23.2 Å². The zero-order chi connectivity index (χ0) is 24.2. The summed E-state index contributed by atoms with van der Waals surface area (Å²) < 4.78 is 2.22. The molecule has 4 saturated carbocycles. The number of benzene rings is 1. The van der Waals surface area contributed by atoms with Crippen LogP contribution in [0.15, 0.2) is 54.4 Å². The number of hydrogen-bond acceptors (Lipinski definition) is 3. The highest BCUT2D eigenvalue weighted by molar-refractivity contribution is 6.21. The van der Waals surface area contributed by atoms with E-state index in [0.29, 0.717) is 17.0 Å². The molecular formula is C30H37N4O+. The summed E-state index contributed by atoms with van der Waals surface area (Å²) in [5, 5.41) is 20.5. The van der Waals surface area contributed by atoms with Gasteiger partial charge in [0.1, 0.15) is 11.5 Å². The number of hydrogen-bond donors (Lipinski definition) is 2. The standard InChI is InChI=1S/C30H36N4O/c1-19(31)28(20(2)35)25-10-11-34-27(15-25)32-26(9-8-21-6-4-3-5-7-21)29(34)33-30-16-22-12-23(17-30)14-24(13-22)18-30/h3-7,10-11,15,22-24,31,33,35H,8-9,12-14,16-18H2,1-2H3/p+1/b28-20+,31-19?. The van der Waals surface area contributed by atoms with E-state index in [1.165, 1.54) is 44.1 Å². The molecule has 4 N–H and O–H groups in total. The van der Waals surface area contributed by atoms with E-state index in [0.717, 1.165) is 53.3 Å². The molecule has 0 saturated heterocycles. The van der Waals surface area contributed by atoms with E-state index in [2.05, 4.69) is 52.3 Å². The lowest BCUT2D eigenvalue weighted by atomic mass is 9.53. The molecule has 4 aliphatic rings. The Bertz CT molecular complexity index is 1260. The van der Waals surface area contributed by atoms with Gasteiger partial charge < -0.3 is 15.8 Å². The molecule has 0 atom stereocenters. The van der Waals surface area contributed by atoms with Crippen LogP contribution in [-0.2, 0) is 12.8 Å². The average Bonchev–Trinajstić information content (AvgIpc) is 3.13. The predicted octanol–water partition coefficient (Wildman–Crippen LogP) is 6.00. The molecule has 7 rings (SSSR count). The number of nitrogens with zero attached hydrogens (tertiary/aromatic N) is 2. The van der Waals surface area contributed by atoms with Crippen LogP contribution >= 0.6 is 0 Å². The van der Waals surface area contributed by atoms with Gasteiger partial charge in [-0.25, -0.2) is 4.98 Å². The van der Waals surface area contributed by atoms with Crippen molar-refractivity contribution >= 4 is 22.7 Å². The van der Waals surface area contributed by atoms with E-state index in [4.69, 9.17) is 15.5 Å². The number of aryl methyl sites for hydroxylation is 2. The van der Waals surface area contributed by atoms with Crippen molar-refractivity contribution in [3.63, 3.8) is 0 Å². The third-order valence-corrected chi connectivity index (χ3v) is 8.65. The summed E-state index contributed by atoms with van der Waals surface area (Å²) >= 11 is 0. The number of fused-ring (bicyclic) bond motifs is 1. The second-order valence-electron chi connectivity index (χ2n) is 11.5. The Morgan fingerprint density at radius 3 is 2.29 bits per heavy atom. The molecular weight excluding hydrogens is 432 g/mol. The van der Waals surface area contributed by atoms with Crippen LogP contribution in [0.2, 0.25) is 0 Å². The summed E-state index contributed by atoms with van der Waals surface area (Å²) in [6.45, 7) is 3.52. The normalized spacial score (nSPS) is 27.8. The number of rotatable bonds is 7. The Labute approximate surface area is 207 Å². The van der Waals surface area contributed by atoms with Crippen molar-refractivity contribution in [2.45, 2.75) is 70.8 Å². The number of allylic oxidation sites excluding steroid dienone is 2. The van der Waals surface area contributed by atoms with Crippen LogP contribution in [-0.4, -0.2) is 25.7 Å². The zero-order valence-electron chi connectivity index (χ0n) is 20.9. The molecule has 2 aromatic heterocycles. The minimum atomic E-state index is 0.208. The fourth-order valence-corrected chi connectivity index (χ4v) is 7.69. The summed E-state index contributed by atoms with van der Waals surface area (Å²) in [4.78, 5) is 5.13. The molecule has 35 heavy (non-hydrogen) atoms. The number of nitrogens with one attached hydrogen (secondary N) is 2. The Balaban J connectivity index is 1.39. The first-order chi connectivity index (χ1) is 16.9. The van der Waals surface area contributed by atoms with Crippen molar-refractivity contribution in [3.8, 4) is 0 Å². The van der Waals surface area contributed by atoms with Crippen molar-refractivity contribution in [2.24, 2.45) is 17.8 Å². The fourth-order valence-electron chi connectivity index (χ4n) is 7.69. The lowest BCUT2D eigenvalue weighted by Gasteiger charge is -2.57. The van der Waals surface area contributed by atoms with Gasteiger partial charge in [-0.3, -0.25) is 4.40 Å². The molecule has 0 amide bonds. The lowest BCUT2D eigenvalue weighted by molar-refractivity contribution is 0.0105. The molecule has 5 heteroatoms. The van der Waals surface area contributed by atoms with Crippen LogP contribution in [0.1, 0.15) is 69.2 Å². The van der Waals surface area contributed by atoms with E-state index in [1.54, 1.807) is 13.8 Å². The minimum Gasteiger partial charge on any atom is -0.596 e. The van der Waals surface area contributed by atoms with Gasteiger partial charge >= 0.3 is 0 Å². The highest BCUT2D eigenvalue weighted by Crippen LogP contribution is 2.56. The predicted molar refractivity (Wildman–Crippen MR) is 143 cm³/mol. The van der Waals surface area contributed by atoms with Crippen molar-refractivity contribution in [1.29, 1.82) is 5.41 Å². The topological polar surface area (TPSA) is 76.1 Å². The zero-order valence-corrected chi connectivity index (χ0v) is 20.9. The maximum atomic E-state index is 8.19. The molecule has 5 nitrogen and oxygen atoms in total. The summed E-state index contributed by atoms with van der Waals surface area (Å²) in [6, 6.07) is 14.8. The van der Waals surface area contributed by atoms with Crippen molar-refractivity contribution < 1.29 is 5.11 Å². The van der Waals surface area contributed by atoms with Crippen LogP contribution in [0.25, 0.3) is 11.2 Å². The van der Waals surface area contributed by atoms with E-state index < -0.39 is 0 Å². The third kappa shape index (κ3) is 4.15. The summed E-state index contributed by atoms with van der Waals surface area (Å²) in [6.07, 6.45) is 12.1. The van der Waals surface area contributed by atoms with Gasteiger partial charge in [-0.05, 0) is 99.3 Å². The van der Waals surface area contributed by atoms with Gasteiger partial charge in [0.15, 0.2) is 0 Å². The first kappa shape index (κ1) is 22.4. The Morgan fingerprint density at radius 2 is 1.69 bits per heavy atom. The van der Waals surface area contributed by atoms with Crippen LogP contribution in [0.3, 0.4) is 0 Å². The second-order valence-corrected chi connectivity index (χ2v) is 11.5. The van der Waals surface area contributed by atoms with Crippen LogP contribution < -0.4 is 5.32 Å². The van der Waals surface area contributed by atoms with Crippen LogP contribution in [0.5, 0.6) is 0 Å². The largest absolute Gasteiger partial charge is 0.596 e. The molecule has 182 valence electrons. The molecule has 0 unspecified atom stereocenters. The number of aromatic nitrogens is 2. The molecule has 4 fully saturated rings. The van der Waals surface area contributed by atoms with E-state index >= 15 is 0 Å². The summed E-state index contributed by atoms with van der Waals surface area (Å²) in [7, 11) is 0. The molecule has 4 bridgehead atoms. The molecule has 1 aromatic carbocycles. The summed E-state index contributed by atoms with van der Waals surface area (Å²) in [5.41, 5.74) is 5.58. The van der Waals surface area contributed by atoms with Gasteiger partial charge in [-0.1, -0.05) is 30.3 Å². The lowest BCUT2D eigenvalue weighted by Crippen LogP contribution is -2.55. The van der Waals surface area contributed by atoms with Gasteiger partial charge in [0, 0.05) is 24.4 Å². The Kier molecular flexibility index (Phi) is 5.46. The highest BCUT2D eigenvalue weighted by atomic mass is 16.3. The third-order valence-electron chi connectivity index (χ3n) is 8.65. The van der Waals surface area contributed by atoms with Crippen molar-refractivity contribution in [1.82, 2.24) is 9.38 Å². The second kappa shape index (κ2) is 8.54. The van der Waals surface area contributed by atoms with Crippen molar-refractivity contribution in [3.05, 3.63) is 71.2 Å². The van der Waals surface area contributed by atoms with Gasteiger partial charge in [0.05, 0.1) is 11.3 Å². The monoisotopic (exact) mass is 469 g/mol. The van der Waals surface area contributed by atoms with Gasteiger partial charge in [-0.15, -0.1) is 0 Å². The highest BCUT2D eigenvalue weighted by Gasteiger charge is 2.51. The fraction of sp³-hybridized carbons (Fsp3) is 0.467. The van der Waals surface area contributed by atoms with Crippen molar-refractivity contribution in [2.75, 3.05) is 5.32 Å². The molecule has 2 heterocycles. The molecule has 0 radical (unpaired) electrons. The number of imidazole rings is 1. The molecule has 0 spiro atoms. The van der Waals surface area contributed by atoms with E-state index in [-0.39, 0.29) is 5.54 Å². The first-order valence-corrected chi connectivity index (χ1v) is 13.2. The first-order valence-electron chi connectivity index (χ1n) is 13.2. The quantitative estimate of drug-likeness (QED) is 0.253. The average molecular weight is 470 g/mol. The van der Waals surface area contributed by atoms with Crippen LogP contribution in [0.4, 0.5) is 5.82 Å². The summed E-state index contributed by atoms with van der Waals surface area (Å²) in [5.74, 6) is 4.23. The molecule has 4 aliphatic carbocycles. The maximum Gasteiger partial charge on any atom is 0.235 e. The number of anilines is 1. The van der Waals surface area contributed by atoms with Gasteiger partial charge in [0.25, 0.3) is 0 Å².